The van der Waals surface area contributed by atoms with Crippen molar-refractivity contribution in [3.05, 3.63) is 41.5 Å². The van der Waals surface area contributed by atoms with Gasteiger partial charge in [0.15, 0.2) is 0 Å². The first-order valence-electron chi connectivity index (χ1n) is 3.65. The summed E-state index contributed by atoms with van der Waals surface area (Å²) in [5.41, 5.74) is 2.75. The van der Waals surface area contributed by atoms with Crippen LogP contribution in [0.25, 0.3) is 6.08 Å². The SMILES string of the molecule is C/C=C\c1ccccc1CI. The second-order valence-electron chi connectivity index (χ2n) is 2.33. The molecule has 0 N–H and O–H groups in total. The Morgan fingerprint density at radius 2 is 2.09 bits per heavy atom. The molecule has 0 aliphatic heterocycles. The highest BCUT2D eigenvalue weighted by atomic mass is 127. The van der Waals surface area contributed by atoms with Crippen LogP contribution < -0.4 is 0 Å². The molecule has 0 saturated carbocycles. The molecule has 11 heavy (non-hydrogen) atoms. The monoisotopic (exact) mass is 258 g/mol. The topological polar surface area (TPSA) is 0 Å². The molecule has 0 heterocycles. The molecule has 0 unspecified atom stereocenters. The van der Waals surface area contributed by atoms with E-state index in [1.54, 1.807) is 0 Å². The lowest BCUT2D eigenvalue weighted by Gasteiger charge is -1.99. The number of rotatable bonds is 2. The third-order valence-corrected chi connectivity index (χ3v) is 2.37. The third-order valence-electron chi connectivity index (χ3n) is 1.55. The van der Waals surface area contributed by atoms with E-state index in [-0.39, 0.29) is 0 Å². The average Bonchev–Trinajstić information content (AvgIpc) is 2.06. The smallest absolute Gasteiger partial charge is 0.0253 e. The van der Waals surface area contributed by atoms with Gasteiger partial charge in [-0.2, -0.15) is 0 Å². The van der Waals surface area contributed by atoms with E-state index in [0.29, 0.717) is 0 Å². The maximum Gasteiger partial charge on any atom is 0.0253 e. The van der Waals surface area contributed by atoms with Crippen LogP contribution in [-0.2, 0) is 4.43 Å². The first-order chi connectivity index (χ1) is 5.38. The molecule has 0 aliphatic carbocycles. The quantitative estimate of drug-likeness (QED) is 0.561. The Labute approximate surface area is 81.5 Å². The zero-order chi connectivity index (χ0) is 8.10. The van der Waals surface area contributed by atoms with Crippen LogP contribution in [-0.4, -0.2) is 0 Å². The predicted molar refractivity (Wildman–Crippen MR) is 58.9 cm³/mol. The molecule has 1 aromatic carbocycles. The summed E-state index contributed by atoms with van der Waals surface area (Å²) in [6.45, 7) is 2.05. The Balaban J connectivity index is 3.02. The molecule has 0 fully saturated rings. The molecule has 1 heteroatoms. The Bertz CT molecular complexity index is 251. The van der Waals surface area contributed by atoms with Gasteiger partial charge in [-0.3, -0.25) is 0 Å². The van der Waals surface area contributed by atoms with Crippen molar-refractivity contribution in [1.82, 2.24) is 0 Å². The lowest BCUT2D eigenvalue weighted by atomic mass is 10.1. The van der Waals surface area contributed by atoms with Gasteiger partial charge in [0.05, 0.1) is 0 Å². The number of halogens is 1. The number of allylic oxidation sites excluding steroid dienone is 1. The van der Waals surface area contributed by atoms with Crippen LogP contribution in [0.4, 0.5) is 0 Å². The number of benzene rings is 1. The van der Waals surface area contributed by atoms with Gasteiger partial charge in [-0.1, -0.05) is 59.0 Å². The van der Waals surface area contributed by atoms with Gasteiger partial charge in [0, 0.05) is 4.43 Å². The molecule has 0 aliphatic rings. The summed E-state index contributed by atoms with van der Waals surface area (Å²) in [4.78, 5) is 0. The van der Waals surface area contributed by atoms with E-state index in [9.17, 15) is 0 Å². The molecule has 0 spiro atoms. The van der Waals surface area contributed by atoms with E-state index >= 15 is 0 Å². The number of hydrogen-bond acceptors (Lipinski definition) is 0. The highest BCUT2D eigenvalue weighted by molar-refractivity contribution is 14.1. The van der Waals surface area contributed by atoms with Gasteiger partial charge in [0.1, 0.15) is 0 Å². The van der Waals surface area contributed by atoms with Crippen molar-refractivity contribution in [3.8, 4) is 0 Å². The van der Waals surface area contributed by atoms with E-state index in [1.807, 2.05) is 6.92 Å². The van der Waals surface area contributed by atoms with Gasteiger partial charge < -0.3 is 0 Å². The number of hydrogen-bond donors (Lipinski definition) is 0. The largest absolute Gasteiger partial charge is 0.0871 e. The standard InChI is InChI=1S/C10H11I/c1-2-5-9-6-3-4-7-10(9)8-11/h2-7H,8H2,1H3/b5-2-. The Morgan fingerprint density at radius 1 is 1.36 bits per heavy atom. The van der Waals surface area contributed by atoms with Crippen molar-refractivity contribution in [1.29, 1.82) is 0 Å². The summed E-state index contributed by atoms with van der Waals surface area (Å²) >= 11 is 2.38. The summed E-state index contributed by atoms with van der Waals surface area (Å²) in [6.07, 6.45) is 4.22. The molecule has 0 bridgehead atoms. The van der Waals surface area contributed by atoms with E-state index < -0.39 is 0 Å². The van der Waals surface area contributed by atoms with Gasteiger partial charge in [-0.25, -0.2) is 0 Å². The van der Waals surface area contributed by atoms with Crippen LogP contribution in [0.1, 0.15) is 18.1 Å². The number of alkyl halides is 1. The molecule has 58 valence electrons. The van der Waals surface area contributed by atoms with Gasteiger partial charge in [-0.15, -0.1) is 0 Å². The second kappa shape index (κ2) is 4.54. The first-order valence-corrected chi connectivity index (χ1v) is 5.17. The maximum atomic E-state index is 2.38. The molecule has 1 rings (SSSR count). The zero-order valence-electron chi connectivity index (χ0n) is 6.55. The Hall–Kier alpha value is -0.310. The van der Waals surface area contributed by atoms with Crippen molar-refractivity contribution in [2.45, 2.75) is 11.4 Å². The van der Waals surface area contributed by atoms with Crippen molar-refractivity contribution in [3.63, 3.8) is 0 Å². The Morgan fingerprint density at radius 3 is 2.73 bits per heavy atom. The lowest BCUT2D eigenvalue weighted by molar-refractivity contribution is 1.43. The van der Waals surface area contributed by atoms with Crippen LogP contribution in [0.5, 0.6) is 0 Å². The maximum absolute atomic E-state index is 2.38. The van der Waals surface area contributed by atoms with Crippen LogP contribution in [0.3, 0.4) is 0 Å². The third kappa shape index (κ3) is 2.33. The lowest BCUT2D eigenvalue weighted by Crippen LogP contribution is -1.81. The molecular formula is C10H11I. The molecule has 0 atom stereocenters. The zero-order valence-corrected chi connectivity index (χ0v) is 8.71. The van der Waals surface area contributed by atoms with E-state index in [4.69, 9.17) is 0 Å². The molecule has 0 saturated heterocycles. The van der Waals surface area contributed by atoms with Crippen molar-refractivity contribution >= 4 is 28.7 Å². The summed E-state index contributed by atoms with van der Waals surface area (Å²) < 4.78 is 1.08. The minimum atomic E-state index is 1.08. The fraction of sp³-hybridized carbons (Fsp3) is 0.200. The average molecular weight is 258 g/mol. The van der Waals surface area contributed by atoms with Crippen LogP contribution >= 0.6 is 22.6 Å². The van der Waals surface area contributed by atoms with E-state index in [0.717, 1.165) is 4.43 Å². The van der Waals surface area contributed by atoms with Gasteiger partial charge in [-0.05, 0) is 18.1 Å². The second-order valence-corrected chi connectivity index (χ2v) is 3.10. The van der Waals surface area contributed by atoms with Gasteiger partial charge in [0.25, 0.3) is 0 Å². The van der Waals surface area contributed by atoms with Gasteiger partial charge >= 0.3 is 0 Å². The van der Waals surface area contributed by atoms with Crippen LogP contribution in [0.15, 0.2) is 30.3 Å². The highest BCUT2D eigenvalue weighted by Crippen LogP contribution is 2.13. The summed E-state index contributed by atoms with van der Waals surface area (Å²) in [6, 6.07) is 8.47. The highest BCUT2D eigenvalue weighted by Gasteiger charge is 1.93. The van der Waals surface area contributed by atoms with E-state index in [2.05, 4.69) is 59.0 Å². The predicted octanol–water partition coefficient (Wildman–Crippen LogP) is 3.65. The molecule has 1 aromatic rings. The van der Waals surface area contributed by atoms with Crippen molar-refractivity contribution in [2.24, 2.45) is 0 Å². The molecule has 0 nitrogen and oxygen atoms in total. The van der Waals surface area contributed by atoms with Crippen molar-refractivity contribution < 1.29 is 0 Å². The first kappa shape index (κ1) is 8.78. The summed E-state index contributed by atoms with van der Waals surface area (Å²) in [5.74, 6) is 0. The molecule has 0 amide bonds. The molecule has 0 radical (unpaired) electrons. The van der Waals surface area contributed by atoms with Crippen molar-refractivity contribution in [2.75, 3.05) is 0 Å². The molecular weight excluding hydrogens is 247 g/mol. The summed E-state index contributed by atoms with van der Waals surface area (Å²) in [7, 11) is 0. The summed E-state index contributed by atoms with van der Waals surface area (Å²) in [5, 5.41) is 0. The van der Waals surface area contributed by atoms with E-state index in [1.165, 1.54) is 11.1 Å². The van der Waals surface area contributed by atoms with Gasteiger partial charge in [0.2, 0.25) is 0 Å². The fourth-order valence-corrected chi connectivity index (χ4v) is 1.69. The van der Waals surface area contributed by atoms with Crippen LogP contribution in [0.2, 0.25) is 0 Å². The molecule has 0 aromatic heterocycles. The van der Waals surface area contributed by atoms with Crippen LogP contribution in [0, 0.1) is 0 Å². The Kier molecular flexibility index (Phi) is 3.63. The fourth-order valence-electron chi connectivity index (χ4n) is 0.998. The minimum Gasteiger partial charge on any atom is -0.0871 e. The normalized spacial score (nSPS) is 10.7. The minimum absolute atomic E-state index is 1.08.